The minimum Gasteiger partial charge on any atom is -0.543 e. The number of carbonyl (C=O) groups is 3. The van der Waals surface area contributed by atoms with Gasteiger partial charge in [0, 0.05) is 23.9 Å². The molecule has 180 valence electrons. The Kier molecular flexibility index (Phi) is 8.84. The number of carboxylic acid groups (broad SMARTS) is 1. The summed E-state index contributed by atoms with van der Waals surface area (Å²) in [6.45, 7) is -0.327. The Morgan fingerprint density at radius 3 is 2.74 bits per heavy atom. The molecule has 0 aromatic carbocycles. The Balaban J connectivity index is 0.00000342. The number of carbonyl (C=O) groups excluding carboxylic acids is 3. The van der Waals surface area contributed by atoms with Crippen molar-refractivity contribution in [3.05, 3.63) is 28.2 Å². The zero-order chi connectivity index (χ0) is 24.6. The normalized spacial score (nSPS) is 19.7. The van der Waals surface area contributed by atoms with Crippen LogP contribution < -0.4 is 45.7 Å². The molecule has 0 aliphatic carbocycles. The van der Waals surface area contributed by atoms with Crippen molar-refractivity contribution in [1.82, 2.24) is 30.0 Å². The van der Waals surface area contributed by atoms with Gasteiger partial charge < -0.3 is 31.3 Å². The first-order valence-electron chi connectivity index (χ1n) is 9.51. The van der Waals surface area contributed by atoms with Crippen molar-refractivity contribution in [2.24, 2.45) is 12.2 Å². The number of nitrogens with zero attached hydrogens (tertiary/aromatic N) is 6. The Morgan fingerprint density at radius 1 is 1.43 bits per heavy atom. The SMILES string of the molecule is Cn1nc(CO)nc1SCC1=C(C(=O)[O-])N2C(=O)C(NC(=O)/C(=N/O)c3csc(N)n3)C2SC1.[Na+]. The molecule has 4 rings (SSSR count). The molecule has 0 radical (unpaired) electrons. The summed E-state index contributed by atoms with van der Waals surface area (Å²) in [5.74, 6) is -2.29. The number of thioether (sulfide) groups is 2. The van der Waals surface area contributed by atoms with Crippen molar-refractivity contribution in [3.8, 4) is 0 Å². The molecular formula is C17H17N8NaO6S3. The van der Waals surface area contributed by atoms with E-state index in [4.69, 9.17) is 10.8 Å². The van der Waals surface area contributed by atoms with E-state index in [1.54, 1.807) is 7.05 Å². The minimum absolute atomic E-state index is 0. The number of aliphatic hydroxyl groups excluding tert-OH is 1. The van der Waals surface area contributed by atoms with E-state index in [1.807, 2.05) is 0 Å². The van der Waals surface area contributed by atoms with E-state index >= 15 is 0 Å². The number of aryl methyl sites for hydroxylation is 1. The van der Waals surface area contributed by atoms with Crippen molar-refractivity contribution >= 4 is 63.5 Å². The number of fused-ring (bicyclic) bond motifs is 1. The largest absolute Gasteiger partial charge is 1.00 e. The molecule has 2 atom stereocenters. The molecule has 35 heavy (non-hydrogen) atoms. The molecule has 14 nitrogen and oxygen atoms in total. The van der Waals surface area contributed by atoms with E-state index in [1.165, 1.54) is 33.6 Å². The maximum absolute atomic E-state index is 12.8. The summed E-state index contributed by atoms with van der Waals surface area (Å²) in [4.78, 5) is 46.4. The number of β-lactam (4-membered cyclic amide) rings is 1. The first-order chi connectivity index (χ1) is 16.2. The van der Waals surface area contributed by atoms with E-state index in [9.17, 15) is 24.7 Å². The molecule has 1 fully saturated rings. The van der Waals surface area contributed by atoms with Crippen LogP contribution in [0.4, 0.5) is 5.13 Å². The number of oxime groups is 1. The van der Waals surface area contributed by atoms with Crippen molar-refractivity contribution in [2.45, 2.75) is 23.2 Å². The van der Waals surface area contributed by atoms with Gasteiger partial charge in [0.05, 0.1) is 11.7 Å². The summed E-state index contributed by atoms with van der Waals surface area (Å²) in [6, 6.07) is -1.03. The fourth-order valence-electron chi connectivity index (χ4n) is 3.37. The number of nitrogen functional groups attached to an aromatic ring is 1. The number of nitrogens with two attached hydrogens (primary N) is 1. The molecular weight excluding hydrogens is 531 g/mol. The molecule has 0 spiro atoms. The number of aliphatic carboxylic acids is 1. The first-order valence-corrected chi connectivity index (χ1v) is 12.4. The number of hydrogen-bond donors (Lipinski definition) is 4. The van der Waals surface area contributed by atoms with Gasteiger partial charge in [0.25, 0.3) is 11.8 Å². The Bertz CT molecular complexity index is 1230. The molecule has 0 bridgehead atoms. The van der Waals surface area contributed by atoms with Crippen LogP contribution in [0.15, 0.2) is 27.0 Å². The summed E-state index contributed by atoms with van der Waals surface area (Å²) < 4.78 is 1.46. The third-order valence-corrected chi connectivity index (χ3v) is 8.01. The van der Waals surface area contributed by atoms with E-state index in [-0.39, 0.29) is 70.0 Å². The van der Waals surface area contributed by atoms with E-state index in [0.29, 0.717) is 10.7 Å². The third kappa shape index (κ3) is 5.35. The predicted molar refractivity (Wildman–Crippen MR) is 120 cm³/mol. The van der Waals surface area contributed by atoms with Gasteiger partial charge >= 0.3 is 29.6 Å². The zero-order valence-electron chi connectivity index (χ0n) is 18.4. The second-order valence-electron chi connectivity index (χ2n) is 7.00. The van der Waals surface area contributed by atoms with E-state index in [2.05, 4.69) is 25.5 Å². The van der Waals surface area contributed by atoms with Gasteiger partial charge in [-0.2, -0.15) is 5.10 Å². The Morgan fingerprint density at radius 2 is 2.17 bits per heavy atom. The summed E-state index contributed by atoms with van der Waals surface area (Å²) in [5, 5.41) is 41.1. The van der Waals surface area contributed by atoms with Crippen molar-refractivity contribution in [1.29, 1.82) is 0 Å². The molecule has 5 N–H and O–H groups in total. The van der Waals surface area contributed by atoms with Gasteiger partial charge in [0.1, 0.15) is 23.7 Å². The van der Waals surface area contributed by atoms with Gasteiger partial charge in [0.2, 0.25) is 0 Å². The van der Waals surface area contributed by atoms with Crippen molar-refractivity contribution < 1.29 is 59.4 Å². The quantitative estimate of drug-likeness (QED) is 0.0608. The molecule has 2 aromatic heterocycles. The van der Waals surface area contributed by atoms with Crippen LogP contribution in [0.25, 0.3) is 0 Å². The molecule has 2 aliphatic heterocycles. The van der Waals surface area contributed by atoms with Crippen LogP contribution in [0.3, 0.4) is 0 Å². The zero-order valence-corrected chi connectivity index (χ0v) is 22.8. The van der Waals surface area contributed by atoms with Crippen LogP contribution in [0.5, 0.6) is 0 Å². The van der Waals surface area contributed by atoms with Crippen LogP contribution in [0.2, 0.25) is 0 Å². The minimum atomic E-state index is -1.51. The van der Waals surface area contributed by atoms with Gasteiger partial charge in [-0.3, -0.25) is 14.5 Å². The van der Waals surface area contributed by atoms with E-state index < -0.39 is 34.9 Å². The van der Waals surface area contributed by atoms with Crippen LogP contribution in [0, 0.1) is 0 Å². The molecule has 18 heteroatoms. The Labute approximate surface area is 232 Å². The molecule has 2 amide bonds. The third-order valence-electron chi connectivity index (χ3n) is 4.89. The maximum Gasteiger partial charge on any atom is 1.00 e. The van der Waals surface area contributed by atoms with Gasteiger partial charge in [-0.1, -0.05) is 16.9 Å². The van der Waals surface area contributed by atoms with Crippen LogP contribution in [-0.4, -0.2) is 81.4 Å². The fraction of sp³-hybridized carbons (Fsp3) is 0.353. The standard InChI is InChI=1S/C17H18N8O6S3.Na/c1-24-17(20-8(2-26)22-24)34-4-6-3-32-14-10(13(28)25(14)11(6)15(29)30)21-12(27)9(23-31)7-5-33-16(18)19-7;/h5,10,14,26,31H,2-4H2,1H3,(H2,18,19)(H,21,27)(H,29,30);/q;+1/p-1/b23-9+;. The topological polar surface area (TPSA) is 212 Å². The number of aromatic nitrogens is 4. The van der Waals surface area contributed by atoms with E-state index in [0.717, 1.165) is 16.2 Å². The Hall–Kier alpha value is -2.15. The van der Waals surface area contributed by atoms with Gasteiger partial charge in [-0.15, -0.1) is 23.1 Å². The number of anilines is 1. The summed E-state index contributed by atoms with van der Waals surface area (Å²) >= 11 is 3.53. The number of thiazole rings is 1. The summed E-state index contributed by atoms with van der Waals surface area (Å²) in [5.41, 5.74) is 5.37. The van der Waals surface area contributed by atoms with Gasteiger partial charge in [-0.25, -0.2) is 14.6 Å². The molecule has 2 aliphatic rings. The van der Waals surface area contributed by atoms with Crippen LogP contribution in [-0.2, 0) is 28.0 Å². The number of aliphatic hydroxyl groups is 1. The molecule has 1 saturated heterocycles. The molecule has 2 aromatic rings. The number of nitrogens with one attached hydrogen (secondary N) is 1. The van der Waals surface area contributed by atoms with Crippen molar-refractivity contribution in [2.75, 3.05) is 17.2 Å². The average molecular weight is 549 g/mol. The summed E-state index contributed by atoms with van der Waals surface area (Å²) in [7, 11) is 1.64. The average Bonchev–Trinajstić information content (AvgIpc) is 3.40. The smallest absolute Gasteiger partial charge is 0.543 e. The maximum atomic E-state index is 12.8. The first kappa shape index (κ1) is 27.4. The monoisotopic (exact) mass is 548 g/mol. The van der Waals surface area contributed by atoms with Gasteiger partial charge in [0.15, 0.2) is 21.8 Å². The number of amides is 2. The molecule has 2 unspecified atom stereocenters. The molecule has 0 saturated carbocycles. The number of carboxylic acids is 1. The molecule has 4 heterocycles. The van der Waals surface area contributed by atoms with Crippen LogP contribution >= 0.6 is 34.9 Å². The number of hydrogen-bond acceptors (Lipinski definition) is 14. The van der Waals surface area contributed by atoms with Crippen LogP contribution in [0.1, 0.15) is 11.5 Å². The summed E-state index contributed by atoms with van der Waals surface area (Å²) in [6.07, 6.45) is 0. The number of rotatable bonds is 8. The second kappa shape index (κ2) is 11.3. The second-order valence-corrected chi connectivity index (χ2v) is 9.94. The fourth-order valence-corrected chi connectivity index (χ4v) is 6.33. The predicted octanol–water partition coefficient (Wildman–Crippen LogP) is -5.28. The van der Waals surface area contributed by atoms with Crippen molar-refractivity contribution in [3.63, 3.8) is 0 Å². The van der Waals surface area contributed by atoms with Gasteiger partial charge in [-0.05, 0) is 5.57 Å².